The molecule has 0 spiro atoms. The molecule has 0 aliphatic carbocycles. The van der Waals surface area contributed by atoms with E-state index < -0.39 is 0 Å². The van der Waals surface area contributed by atoms with Crippen LogP contribution in [0.1, 0.15) is 5.69 Å². The Balaban J connectivity index is 1.74. The SMILES string of the molecule is O=C(CNc1ccc(Br)cc1)N/N=C\c1ccc[nH]1. The second-order valence-corrected chi connectivity index (χ2v) is 4.69. The van der Waals surface area contributed by atoms with Gasteiger partial charge in [-0.15, -0.1) is 0 Å². The fourth-order valence-corrected chi connectivity index (χ4v) is 1.65. The van der Waals surface area contributed by atoms with Gasteiger partial charge in [0.25, 0.3) is 5.91 Å². The van der Waals surface area contributed by atoms with E-state index in [9.17, 15) is 4.79 Å². The van der Waals surface area contributed by atoms with Gasteiger partial charge in [-0.05, 0) is 36.4 Å². The van der Waals surface area contributed by atoms with Gasteiger partial charge in [0, 0.05) is 16.4 Å². The van der Waals surface area contributed by atoms with Crippen LogP contribution < -0.4 is 10.7 Å². The Kier molecular flexibility index (Phi) is 4.74. The predicted molar refractivity (Wildman–Crippen MR) is 79.2 cm³/mol. The number of hydrogen-bond acceptors (Lipinski definition) is 3. The summed E-state index contributed by atoms with van der Waals surface area (Å²) in [4.78, 5) is 14.5. The molecule has 0 aliphatic rings. The van der Waals surface area contributed by atoms with Crippen molar-refractivity contribution in [2.75, 3.05) is 11.9 Å². The minimum atomic E-state index is -0.203. The summed E-state index contributed by atoms with van der Waals surface area (Å²) in [6.45, 7) is 0.170. The molecule has 5 nitrogen and oxygen atoms in total. The molecule has 6 heteroatoms. The van der Waals surface area contributed by atoms with Crippen molar-refractivity contribution in [2.45, 2.75) is 0 Å². The average molecular weight is 321 g/mol. The quantitative estimate of drug-likeness (QED) is 0.584. The average Bonchev–Trinajstić information content (AvgIpc) is 2.91. The molecule has 1 amide bonds. The first kappa shape index (κ1) is 13.4. The maximum Gasteiger partial charge on any atom is 0.259 e. The van der Waals surface area contributed by atoms with Gasteiger partial charge < -0.3 is 10.3 Å². The number of nitrogens with zero attached hydrogens (tertiary/aromatic N) is 1. The number of carbonyl (C=O) groups is 1. The molecule has 0 fully saturated rings. The first-order valence-corrected chi connectivity index (χ1v) is 6.48. The van der Waals surface area contributed by atoms with Gasteiger partial charge in [0.05, 0.1) is 18.5 Å². The van der Waals surface area contributed by atoms with Gasteiger partial charge in [-0.2, -0.15) is 5.10 Å². The largest absolute Gasteiger partial charge is 0.376 e. The van der Waals surface area contributed by atoms with Crippen LogP contribution in [0.5, 0.6) is 0 Å². The Morgan fingerprint density at radius 1 is 1.32 bits per heavy atom. The van der Waals surface area contributed by atoms with Gasteiger partial charge in [0.2, 0.25) is 0 Å². The van der Waals surface area contributed by atoms with Crippen LogP contribution in [0.4, 0.5) is 5.69 Å². The van der Waals surface area contributed by atoms with E-state index in [-0.39, 0.29) is 12.5 Å². The molecule has 0 bridgehead atoms. The summed E-state index contributed by atoms with van der Waals surface area (Å²) >= 11 is 3.35. The highest BCUT2D eigenvalue weighted by molar-refractivity contribution is 9.10. The number of hydrazone groups is 1. The number of H-pyrrole nitrogens is 1. The van der Waals surface area contributed by atoms with E-state index in [0.29, 0.717) is 0 Å². The maximum atomic E-state index is 11.5. The highest BCUT2D eigenvalue weighted by Gasteiger charge is 1.99. The topological polar surface area (TPSA) is 69.3 Å². The zero-order valence-corrected chi connectivity index (χ0v) is 11.6. The van der Waals surface area contributed by atoms with Crippen molar-refractivity contribution in [3.63, 3.8) is 0 Å². The summed E-state index contributed by atoms with van der Waals surface area (Å²) in [7, 11) is 0. The molecule has 1 aromatic carbocycles. The number of nitrogens with one attached hydrogen (secondary N) is 3. The van der Waals surface area contributed by atoms with Crippen molar-refractivity contribution < 1.29 is 4.79 Å². The van der Waals surface area contributed by atoms with Gasteiger partial charge in [-0.25, -0.2) is 5.43 Å². The Morgan fingerprint density at radius 2 is 2.11 bits per heavy atom. The number of carbonyl (C=O) groups excluding carboxylic acids is 1. The Morgan fingerprint density at radius 3 is 2.79 bits per heavy atom. The zero-order valence-electron chi connectivity index (χ0n) is 10.1. The number of anilines is 1. The first-order valence-electron chi connectivity index (χ1n) is 5.69. The monoisotopic (exact) mass is 320 g/mol. The Hall–Kier alpha value is -2.08. The third-order valence-electron chi connectivity index (χ3n) is 2.31. The second kappa shape index (κ2) is 6.75. The van der Waals surface area contributed by atoms with Crippen molar-refractivity contribution in [1.82, 2.24) is 10.4 Å². The molecule has 98 valence electrons. The van der Waals surface area contributed by atoms with E-state index in [1.165, 1.54) is 0 Å². The van der Waals surface area contributed by atoms with E-state index in [1.54, 1.807) is 12.4 Å². The van der Waals surface area contributed by atoms with Crippen molar-refractivity contribution in [1.29, 1.82) is 0 Å². The molecule has 2 rings (SSSR count). The highest BCUT2D eigenvalue weighted by Crippen LogP contribution is 2.13. The van der Waals surface area contributed by atoms with Gasteiger partial charge in [0.15, 0.2) is 0 Å². The Labute approximate surface area is 119 Å². The minimum absolute atomic E-state index is 0.170. The molecule has 0 atom stereocenters. The van der Waals surface area contributed by atoms with Crippen LogP contribution in [0.15, 0.2) is 52.2 Å². The van der Waals surface area contributed by atoms with E-state index in [4.69, 9.17) is 0 Å². The molecule has 0 saturated carbocycles. The summed E-state index contributed by atoms with van der Waals surface area (Å²) in [5.41, 5.74) is 4.16. The summed E-state index contributed by atoms with van der Waals surface area (Å²) < 4.78 is 0.998. The molecule has 0 saturated heterocycles. The molecule has 0 radical (unpaired) electrons. The van der Waals surface area contributed by atoms with Crippen LogP contribution in [-0.2, 0) is 4.79 Å². The third-order valence-corrected chi connectivity index (χ3v) is 2.84. The van der Waals surface area contributed by atoms with E-state index in [1.807, 2.05) is 36.4 Å². The van der Waals surface area contributed by atoms with E-state index in [0.717, 1.165) is 15.9 Å². The third kappa shape index (κ3) is 4.59. The fraction of sp³-hybridized carbons (Fsp3) is 0.0769. The molecule has 0 aliphatic heterocycles. The Bertz CT molecular complexity index is 549. The van der Waals surface area contributed by atoms with Crippen LogP contribution in [0.2, 0.25) is 0 Å². The molecule has 19 heavy (non-hydrogen) atoms. The van der Waals surface area contributed by atoms with Crippen LogP contribution in [0, 0.1) is 0 Å². The fourth-order valence-electron chi connectivity index (χ4n) is 1.39. The van der Waals surface area contributed by atoms with E-state index >= 15 is 0 Å². The van der Waals surface area contributed by atoms with Gasteiger partial charge in [0.1, 0.15) is 0 Å². The molecule has 1 aromatic heterocycles. The summed E-state index contributed by atoms with van der Waals surface area (Å²) in [6.07, 6.45) is 3.34. The van der Waals surface area contributed by atoms with Crippen molar-refractivity contribution in [3.05, 3.63) is 52.8 Å². The molecular weight excluding hydrogens is 308 g/mol. The lowest BCUT2D eigenvalue weighted by atomic mass is 10.3. The predicted octanol–water partition coefficient (Wildman–Crippen LogP) is 2.34. The number of rotatable bonds is 5. The summed E-state index contributed by atoms with van der Waals surface area (Å²) in [5.74, 6) is -0.203. The lowest BCUT2D eigenvalue weighted by Gasteiger charge is -2.04. The molecule has 0 unspecified atom stereocenters. The smallest absolute Gasteiger partial charge is 0.259 e. The molecule has 2 aromatic rings. The number of halogens is 1. The minimum Gasteiger partial charge on any atom is -0.376 e. The standard InChI is InChI=1S/C13H13BrN4O/c14-10-3-5-11(6-4-10)16-9-13(19)18-17-8-12-2-1-7-15-12/h1-8,15-16H,9H2,(H,18,19)/b17-8-. The van der Waals surface area contributed by atoms with Gasteiger partial charge in [-0.1, -0.05) is 15.9 Å². The molecule has 1 heterocycles. The van der Waals surface area contributed by atoms with E-state index in [2.05, 4.69) is 36.8 Å². The molecular formula is C13H13BrN4O. The summed E-state index contributed by atoms with van der Waals surface area (Å²) in [5, 5.41) is 6.84. The van der Waals surface area contributed by atoms with Crippen LogP contribution in [0.25, 0.3) is 0 Å². The highest BCUT2D eigenvalue weighted by atomic mass is 79.9. The van der Waals surface area contributed by atoms with Gasteiger partial charge >= 0.3 is 0 Å². The normalized spacial score (nSPS) is 10.6. The first-order chi connectivity index (χ1) is 9.24. The maximum absolute atomic E-state index is 11.5. The van der Waals surface area contributed by atoms with Crippen LogP contribution in [-0.4, -0.2) is 23.7 Å². The van der Waals surface area contributed by atoms with Crippen molar-refractivity contribution in [2.24, 2.45) is 5.10 Å². The number of amides is 1. The molecule has 3 N–H and O–H groups in total. The van der Waals surface area contributed by atoms with Crippen LogP contribution in [0.3, 0.4) is 0 Å². The number of benzene rings is 1. The zero-order chi connectivity index (χ0) is 13.5. The second-order valence-electron chi connectivity index (χ2n) is 3.78. The lowest BCUT2D eigenvalue weighted by molar-refractivity contribution is -0.119. The van der Waals surface area contributed by atoms with Crippen molar-refractivity contribution in [3.8, 4) is 0 Å². The summed E-state index contributed by atoms with van der Waals surface area (Å²) in [6, 6.07) is 11.3. The van der Waals surface area contributed by atoms with Crippen molar-refractivity contribution >= 4 is 33.7 Å². The lowest BCUT2D eigenvalue weighted by Crippen LogP contribution is -2.25. The number of hydrogen-bond donors (Lipinski definition) is 3. The number of aromatic nitrogens is 1. The number of aromatic amines is 1. The van der Waals surface area contributed by atoms with Gasteiger partial charge in [-0.3, -0.25) is 4.79 Å². The van der Waals surface area contributed by atoms with Crippen LogP contribution >= 0.6 is 15.9 Å².